The second kappa shape index (κ2) is 6.27. The van der Waals surface area contributed by atoms with E-state index in [1.165, 1.54) is 5.56 Å². The summed E-state index contributed by atoms with van der Waals surface area (Å²) < 4.78 is 1.62. The molecule has 1 fully saturated rings. The van der Waals surface area contributed by atoms with Crippen molar-refractivity contribution in [1.29, 1.82) is 0 Å². The van der Waals surface area contributed by atoms with Gasteiger partial charge in [0.15, 0.2) is 11.5 Å². The normalized spacial score (nSPS) is 16.9. The Morgan fingerprint density at radius 1 is 1.32 bits per heavy atom. The number of anilines is 2. The number of nitrogens with two attached hydrogens (primary N) is 1. The topological polar surface area (TPSA) is 101 Å². The number of nitrogens with zero attached hydrogens (tertiary/aromatic N) is 5. The second-order valence-corrected chi connectivity index (χ2v) is 7.88. The third kappa shape index (κ3) is 2.80. The van der Waals surface area contributed by atoms with Crippen molar-refractivity contribution >= 4 is 23.1 Å². The van der Waals surface area contributed by atoms with Crippen molar-refractivity contribution in [2.45, 2.75) is 38.6 Å². The van der Waals surface area contributed by atoms with Crippen LogP contribution in [-0.4, -0.2) is 44.0 Å². The summed E-state index contributed by atoms with van der Waals surface area (Å²) in [4.78, 5) is 24.3. The molecule has 0 aromatic carbocycles. The summed E-state index contributed by atoms with van der Waals surface area (Å²) in [6.45, 7) is 3.80. The third-order valence-corrected chi connectivity index (χ3v) is 5.62. The molecule has 144 valence electrons. The maximum Gasteiger partial charge on any atom is 0.263 e. The Kier molecular flexibility index (Phi) is 3.83. The molecular weight excluding hydrogens is 354 g/mol. The minimum absolute atomic E-state index is 0.189. The van der Waals surface area contributed by atoms with E-state index in [1.807, 2.05) is 19.3 Å². The molecule has 4 heterocycles. The first-order chi connectivity index (χ1) is 13.5. The number of aromatic nitrogens is 4. The Morgan fingerprint density at radius 3 is 2.93 bits per heavy atom. The molecule has 3 aromatic rings. The molecule has 1 aliphatic carbocycles. The van der Waals surface area contributed by atoms with Gasteiger partial charge in [-0.2, -0.15) is 0 Å². The number of hydrogen-bond donors (Lipinski definition) is 2. The first kappa shape index (κ1) is 17.1. The summed E-state index contributed by atoms with van der Waals surface area (Å²) in [7, 11) is 2.08. The second-order valence-electron chi connectivity index (χ2n) is 7.88. The smallest absolute Gasteiger partial charge is 0.263 e. The van der Waals surface area contributed by atoms with E-state index < -0.39 is 0 Å². The van der Waals surface area contributed by atoms with Gasteiger partial charge in [0, 0.05) is 37.5 Å². The minimum Gasteiger partial charge on any atom is -0.381 e. The number of nitrogen functional groups attached to an aromatic ring is 1. The van der Waals surface area contributed by atoms with Crippen molar-refractivity contribution in [2.75, 3.05) is 24.6 Å². The van der Waals surface area contributed by atoms with E-state index in [0.717, 1.165) is 54.9 Å². The number of pyridine rings is 1. The number of nitrogens with one attached hydrogen (secondary N) is 1. The molecule has 0 radical (unpaired) electrons. The van der Waals surface area contributed by atoms with Crippen molar-refractivity contribution in [1.82, 2.24) is 24.5 Å². The molecule has 3 N–H and O–H groups in total. The van der Waals surface area contributed by atoms with Gasteiger partial charge in [-0.1, -0.05) is 0 Å². The Balaban J connectivity index is 1.54. The molecule has 0 unspecified atom stereocenters. The summed E-state index contributed by atoms with van der Waals surface area (Å²) in [5, 5.41) is 7.35. The summed E-state index contributed by atoms with van der Waals surface area (Å²) in [5.74, 6) is 0.401. The molecule has 3 aromatic heterocycles. The Bertz CT molecular complexity index is 1100. The van der Waals surface area contributed by atoms with E-state index in [-0.39, 0.29) is 11.7 Å². The molecule has 1 aliphatic heterocycles. The van der Waals surface area contributed by atoms with E-state index in [9.17, 15) is 4.79 Å². The van der Waals surface area contributed by atoms with Crippen molar-refractivity contribution in [2.24, 2.45) is 0 Å². The average molecular weight is 377 g/mol. The molecule has 1 saturated carbocycles. The fourth-order valence-electron chi connectivity index (χ4n) is 4.07. The van der Waals surface area contributed by atoms with Crippen LogP contribution in [0.3, 0.4) is 0 Å². The highest BCUT2D eigenvalue weighted by Gasteiger charge is 2.29. The van der Waals surface area contributed by atoms with E-state index in [2.05, 4.69) is 27.3 Å². The van der Waals surface area contributed by atoms with E-state index in [4.69, 9.17) is 10.7 Å². The molecule has 0 atom stereocenters. The van der Waals surface area contributed by atoms with Crippen molar-refractivity contribution in [3.63, 3.8) is 0 Å². The molecule has 0 bridgehead atoms. The van der Waals surface area contributed by atoms with Gasteiger partial charge in [-0.15, -0.1) is 5.10 Å². The minimum atomic E-state index is -0.290. The maximum atomic E-state index is 13.1. The largest absolute Gasteiger partial charge is 0.381 e. The van der Waals surface area contributed by atoms with Gasteiger partial charge in [-0.25, -0.2) is 9.50 Å². The lowest BCUT2D eigenvalue weighted by Gasteiger charge is -2.23. The number of fused-ring (bicyclic) bond motifs is 2. The molecule has 8 heteroatoms. The first-order valence-electron chi connectivity index (χ1n) is 9.62. The zero-order valence-corrected chi connectivity index (χ0v) is 16.1. The van der Waals surface area contributed by atoms with Gasteiger partial charge < -0.3 is 16.0 Å². The van der Waals surface area contributed by atoms with Crippen LogP contribution >= 0.6 is 0 Å². The first-order valence-corrected chi connectivity index (χ1v) is 9.62. The van der Waals surface area contributed by atoms with Crippen molar-refractivity contribution in [3.8, 4) is 0 Å². The summed E-state index contributed by atoms with van der Waals surface area (Å²) in [5.41, 5.74) is 12.1. The monoisotopic (exact) mass is 377 g/mol. The van der Waals surface area contributed by atoms with Crippen LogP contribution in [-0.2, 0) is 13.0 Å². The standard InChI is InChI=1S/C20H23N7O/c1-11-7-22-8-15(16(11)12-3-4-12)24-20(28)17-18(21)25-27-10-13-9-26(2)6-5-14(13)23-19(17)27/h7-8,10,12H,3-6,9H2,1-2H3,(H2,21,25)(H,24,28). The van der Waals surface area contributed by atoms with Gasteiger partial charge in [0.1, 0.15) is 5.56 Å². The predicted molar refractivity (Wildman–Crippen MR) is 106 cm³/mol. The van der Waals surface area contributed by atoms with Crippen LogP contribution in [0.25, 0.3) is 5.65 Å². The van der Waals surface area contributed by atoms with Gasteiger partial charge in [0.25, 0.3) is 5.91 Å². The number of hydrogen-bond acceptors (Lipinski definition) is 6. The number of carbonyl (C=O) groups excluding carboxylic acids is 1. The number of likely N-dealkylation sites (N-methyl/N-ethyl adjacent to an activating group) is 1. The highest BCUT2D eigenvalue weighted by molar-refractivity contribution is 6.11. The van der Waals surface area contributed by atoms with Crippen LogP contribution < -0.4 is 11.1 Å². The van der Waals surface area contributed by atoms with Crippen LogP contribution in [0.15, 0.2) is 18.6 Å². The zero-order chi connectivity index (χ0) is 19.4. The van der Waals surface area contributed by atoms with Crippen LogP contribution in [0.5, 0.6) is 0 Å². The highest BCUT2D eigenvalue weighted by Crippen LogP contribution is 2.44. The van der Waals surface area contributed by atoms with Gasteiger partial charge in [-0.05, 0) is 43.9 Å². The third-order valence-electron chi connectivity index (χ3n) is 5.62. The molecule has 0 saturated heterocycles. The lowest BCUT2D eigenvalue weighted by Crippen LogP contribution is -2.28. The number of carbonyl (C=O) groups is 1. The SMILES string of the molecule is Cc1cncc(NC(=O)c2c(N)nn3cc4c(nc23)CCN(C)C4)c1C1CC1. The van der Waals surface area contributed by atoms with Crippen molar-refractivity contribution in [3.05, 3.63) is 46.5 Å². The van der Waals surface area contributed by atoms with Gasteiger partial charge in [0.2, 0.25) is 0 Å². The summed E-state index contributed by atoms with van der Waals surface area (Å²) in [6.07, 6.45) is 8.64. The van der Waals surface area contributed by atoms with Crippen LogP contribution in [0, 0.1) is 6.92 Å². The molecule has 5 rings (SSSR count). The van der Waals surface area contributed by atoms with E-state index >= 15 is 0 Å². The summed E-state index contributed by atoms with van der Waals surface area (Å²) >= 11 is 0. The Hall–Kier alpha value is -3.00. The van der Waals surface area contributed by atoms with Gasteiger partial charge in [-0.3, -0.25) is 9.78 Å². The Labute approximate surface area is 162 Å². The maximum absolute atomic E-state index is 13.1. The van der Waals surface area contributed by atoms with Gasteiger partial charge in [0.05, 0.1) is 17.6 Å². The quantitative estimate of drug-likeness (QED) is 0.725. The predicted octanol–water partition coefficient (Wildman–Crippen LogP) is 2.13. The lowest BCUT2D eigenvalue weighted by atomic mass is 10.0. The molecule has 0 spiro atoms. The fraction of sp³-hybridized carbons (Fsp3) is 0.400. The number of amides is 1. The van der Waals surface area contributed by atoms with E-state index in [1.54, 1.807) is 10.7 Å². The van der Waals surface area contributed by atoms with E-state index in [0.29, 0.717) is 17.1 Å². The van der Waals surface area contributed by atoms with Crippen molar-refractivity contribution < 1.29 is 4.79 Å². The number of rotatable bonds is 3. The van der Waals surface area contributed by atoms with Crippen LogP contribution in [0.4, 0.5) is 11.5 Å². The van der Waals surface area contributed by atoms with Crippen LogP contribution in [0.2, 0.25) is 0 Å². The average Bonchev–Trinajstić information content (AvgIpc) is 3.42. The fourth-order valence-corrected chi connectivity index (χ4v) is 4.07. The zero-order valence-electron chi connectivity index (χ0n) is 16.1. The van der Waals surface area contributed by atoms with Gasteiger partial charge >= 0.3 is 0 Å². The summed E-state index contributed by atoms with van der Waals surface area (Å²) in [6, 6.07) is 0. The van der Waals surface area contributed by atoms with Crippen LogP contribution in [0.1, 0.15) is 51.5 Å². The molecule has 2 aliphatic rings. The molecule has 8 nitrogen and oxygen atoms in total. The molecule has 1 amide bonds. The number of aryl methyl sites for hydroxylation is 1. The highest BCUT2D eigenvalue weighted by atomic mass is 16.1. The molecular formula is C20H23N7O. The lowest BCUT2D eigenvalue weighted by molar-refractivity contribution is 0.102. The molecule has 28 heavy (non-hydrogen) atoms. The Morgan fingerprint density at radius 2 is 2.14 bits per heavy atom.